The molecule has 1 unspecified atom stereocenters. The highest BCUT2D eigenvalue weighted by atomic mass is 16.2. The summed E-state index contributed by atoms with van der Waals surface area (Å²) in [6.45, 7) is 2.48. The Morgan fingerprint density at radius 2 is 2.17 bits per heavy atom. The summed E-state index contributed by atoms with van der Waals surface area (Å²) in [6.07, 6.45) is 3.17. The third-order valence-corrected chi connectivity index (χ3v) is 2.83. The highest BCUT2D eigenvalue weighted by Gasteiger charge is 2.13. The normalized spacial score (nSPS) is 12.1. The Balaban J connectivity index is 2.08. The van der Waals surface area contributed by atoms with Crippen LogP contribution in [0.2, 0.25) is 0 Å². The molecule has 94 valence electrons. The first kappa shape index (κ1) is 12.3. The zero-order valence-electron chi connectivity index (χ0n) is 10.1. The minimum Gasteiger partial charge on any atom is -0.294 e. The average Bonchev–Trinajstić information content (AvgIpc) is 2.91. The second kappa shape index (κ2) is 5.42. The van der Waals surface area contributed by atoms with Crippen molar-refractivity contribution in [2.75, 3.05) is 0 Å². The van der Waals surface area contributed by atoms with Gasteiger partial charge >= 0.3 is 0 Å². The van der Waals surface area contributed by atoms with Crippen molar-refractivity contribution >= 4 is 5.91 Å². The Labute approximate surface area is 105 Å². The number of hydrogen-bond donors (Lipinski definition) is 2. The summed E-state index contributed by atoms with van der Waals surface area (Å²) in [7, 11) is 0. The summed E-state index contributed by atoms with van der Waals surface area (Å²) in [6, 6.07) is 7.78. The van der Waals surface area contributed by atoms with E-state index in [1.54, 1.807) is 11.0 Å². The Morgan fingerprint density at radius 3 is 2.72 bits per heavy atom. The summed E-state index contributed by atoms with van der Waals surface area (Å²) >= 11 is 0. The quantitative estimate of drug-likeness (QED) is 0.464. The lowest BCUT2D eigenvalue weighted by Gasteiger charge is -2.10. The van der Waals surface area contributed by atoms with E-state index < -0.39 is 0 Å². The van der Waals surface area contributed by atoms with Crippen LogP contribution in [-0.4, -0.2) is 20.7 Å². The van der Waals surface area contributed by atoms with Crippen LogP contribution in [0.25, 0.3) is 0 Å². The molecule has 18 heavy (non-hydrogen) atoms. The maximum absolute atomic E-state index is 11.4. The molecule has 1 heterocycles. The number of rotatable bonds is 4. The number of carbonyl (C=O) groups is 1. The fourth-order valence-corrected chi connectivity index (χ4v) is 1.69. The van der Waals surface area contributed by atoms with Gasteiger partial charge in [0.25, 0.3) is 0 Å². The molecule has 0 radical (unpaired) electrons. The highest BCUT2D eigenvalue weighted by Crippen LogP contribution is 2.16. The first-order valence-corrected chi connectivity index (χ1v) is 5.62. The van der Waals surface area contributed by atoms with Crippen LogP contribution >= 0.6 is 0 Å². The summed E-state index contributed by atoms with van der Waals surface area (Å²) in [4.78, 5) is 15.3. The van der Waals surface area contributed by atoms with Crippen LogP contribution in [0.15, 0.2) is 36.9 Å². The maximum Gasteiger partial charge on any atom is 0.241 e. The number of amides is 1. The number of nitrogens with two attached hydrogens (primary N) is 1. The topological polar surface area (TPSA) is 85.8 Å². The molecule has 0 fully saturated rings. The standard InChI is InChI=1S/C12H15N5O/c1-9(12(18)16-13)11-4-2-10(3-5-11)6-17-8-14-7-15-17/h2-5,7-9H,6,13H2,1H3,(H,16,18). The fourth-order valence-electron chi connectivity index (χ4n) is 1.69. The van der Waals surface area contributed by atoms with Crippen LogP contribution < -0.4 is 11.3 Å². The van der Waals surface area contributed by atoms with Gasteiger partial charge in [-0.3, -0.25) is 10.2 Å². The average molecular weight is 245 g/mol. The van der Waals surface area contributed by atoms with Crippen LogP contribution in [0.3, 0.4) is 0 Å². The number of aromatic nitrogens is 3. The molecule has 1 amide bonds. The van der Waals surface area contributed by atoms with Crippen LogP contribution in [0.5, 0.6) is 0 Å². The van der Waals surface area contributed by atoms with E-state index >= 15 is 0 Å². The lowest BCUT2D eigenvalue weighted by molar-refractivity contribution is -0.122. The molecule has 6 heteroatoms. The van der Waals surface area contributed by atoms with E-state index in [1.165, 1.54) is 6.33 Å². The predicted octanol–water partition coefficient (Wildman–Crippen LogP) is 0.420. The maximum atomic E-state index is 11.4. The van der Waals surface area contributed by atoms with Gasteiger partial charge in [0, 0.05) is 0 Å². The molecule has 0 aliphatic heterocycles. The van der Waals surface area contributed by atoms with Crippen molar-refractivity contribution in [2.24, 2.45) is 5.84 Å². The lowest BCUT2D eigenvalue weighted by Crippen LogP contribution is -2.33. The summed E-state index contributed by atoms with van der Waals surface area (Å²) in [5, 5.41) is 4.04. The Kier molecular flexibility index (Phi) is 3.69. The molecule has 2 rings (SSSR count). The van der Waals surface area contributed by atoms with Crippen molar-refractivity contribution in [3.63, 3.8) is 0 Å². The van der Waals surface area contributed by atoms with Crippen molar-refractivity contribution in [1.29, 1.82) is 0 Å². The van der Waals surface area contributed by atoms with Crippen LogP contribution in [-0.2, 0) is 11.3 Å². The van der Waals surface area contributed by atoms with Gasteiger partial charge in [-0.15, -0.1) is 0 Å². The molecular formula is C12H15N5O. The van der Waals surface area contributed by atoms with Crippen LogP contribution in [0, 0.1) is 0 Å². The zero-order chi connectivity index (χ0) is 13.0. The molecule has 3 N–H and O–H groups in total. The van der Waals surface area contributed by atoms with Crippen LogP contribution in [0.4, 0.5) is 0 Å². The molecule has 0 saturated heterocycles. The Bertz CT molecular complexity index is 506. The molecule has 0 saturated carbocycles. The Hall–Kier alpha value is -2.21. The largest absolute Gasteiger partial charge is 0.294 e. The zero-order valence-corrected chi connectivity index (χ0v) is 10.1. The second-order valence-electron chi connectivity index (χ2n) is 4.06. The first-order chi connectivity index (χ1) is 8.70. The summed E-state index contributed by atoms with van der Waals surface area (Å²) < 4.78 is 1.74. The van der Waals surface area contributed by atoms with Crippen molar-refractivity contribution < 1.29 is 4.79 Å². The van der Waals surface area contributed by atoms with Gasteiger partial charge in [0.2, 0.25) is 5.91 Å². The molecule has 1 aromatic heterocycles. The van der Waals surface area contributed by atoms with E-state index in [9.17, 15) is 4.79 Å². The number of nitrogens with one attached hydrogen (secondary N) is 1. The molecule has 6 nitrogen and oxygen atoms in total. The molecule has 2 aromatic rings. The number of benzene rings is 1. The van der Waals surface area contributed by atoms with Gasteiger partial charge in [-0.1, -0.05) is 24.3 Å². The van der Waals surface area contributed by atoms with Gasteiger partial charge < -0.3 is 0 Å². The number of hydrogen-bond acceptors (Lipinski definition) is 4. The third-order valence-electron chi connectivity index (χ3n) is 2.83. The molecular weight excluding hydrogens is 230 g/mol. The van der Waals surface area contributed by atoms with E-state index in [2.05, 4.69) is 15.5 Å². The fraction of sp³-hybridized carbons (Fsp3) is 0.250. The number of carbonyl (C=O) groups excluding carboxylic acids is 1. The molecule has 0 aliphatic rings. The van der Waals surface area contributed by atoms with E-state index in [0.29, 0.717) is 6.54 Å². The smallest absolute Gasteiger partial charge is 0.241 e. The van der Waals surface area contributed by atoms with Crippen molar-refractivity contribution in [3.8, 4) is 0 Å². The highest BCUT2D eigenvalue weighted by molar-refractivity contribution is 5.82. The minimum absolute atomic E-state index is 0.195. The summed E-state index contributed by atoms with van der Waals surface area (Å²) in [5.74, 6) is 4.66. The van der Waals surface area contributed by atoms with E-state index in [4.69, 9.17) is 5.84 Å². The minimum atomic E-state index is -0.254. The summed E-state index contributed by atoms with van der Waals surface area (Å²) in [5.41, 5.74) is 4.19. The monoisotopic (exact) mass is 245 g/mol. The predicted molar refractivity (Wildman–Crippen MR) is 66.3 cm³/mol. The van der Waals surface area contributed by atoms with Crippen molar-refractivity contribution in [1.82, 2.24) is 20.2 Å². The first-order valence-electron chi connectivity index (χ1n) is 5.62. The lowest BCUT2D eigenvalue weighted by atomic mass is 9.99. The van der Waals surface area contributed by atoms with Gasteiger partial charge in [0.15, 0.2) is 0 Å². The second-order valence-corrected chi connectivity index (χ2v) is 4.06. The molecule has 0 bridgehead atoms. The van der Waals surface area contributed by atoms with Crippen molar-refractivity contribution in [2.45, 2.75) is 19.4 Å². The molecule has 0 spiro atoms. The van der Waals surface area contributed by atoms with Gasteiger partial charge in [0.05, 0.1) is 12.5 Å². The molecule has 0 aliphatic carbocycles. The number of hydrazine groups is 1. The van der Waals surface area contributed by atoms with E-state index in [1.807, 2.05) is 31.2 Å². The SMILES string of the molecule is CC(C(=O)NN)c1ccc(Cn2cncn2)cc1. The van der Waals surface area contributed by atoms with Gasteiger partial charge in [-0.05, 0) is 18.1 Å². The van der Waals surface area contributed by atoms with E-state index in [0.717, 1.165) is 11.1 Å². The van der Waals surface area contributed by atoms with Gasteiger partial charge in [-0.25, -0.2) is 15.5 Å². The third kappa shape index (κ3) is 2.72. The molecule has 1 aromatic carbocycles. The Morgan fingerprint density at radius 1 is 1.44 bits per heavy atom. The number of nitrogens with zero attached hydrogens (tertiary/aromatic N) is 3. The van der Waals surface area contributed by atoms with Crippen molar-refractivity contribution in [3.05, 3.63) is 48.0 Å². The van der Waals surface area contributed by atoms with Crippen LogP contribution in [0.1, 0.15) is 24.0 Å². The van der Waals surface area contributed by atoms with E-state index in [-0.39, 0.29) is 11.8 Å². The van der Waals surface area contributed by atoms with Gasteiger partial charge in [0.1, 0.15) is 12.7 Å². The molecule has 1 atom stereocenters. The van der Waals surface area contributed by atoms with Gasteiger partial charge in [-0.2, -0.15) is 5.10 Å².